The van der Waals surface area contributed by atoms with Crippen LogP contribution in [-0.2, 0) is 17.9 Å². The molecule has 0 radical (unpaired) electrons. The molecular weight excluding hydrogens is 180 g/mol. The fraction of sp³-hybridized carbons (Fsp3) is 0.667. The topological polar surface area (TPSA) is 59.8 Å². The molecule has 0 unspecified atom stereocenters. The van der Waals surface area contributed by atoms with E-state index in [1.165, 1.54) is 6.92 Å². The summed E-state index contributed by atoms with van der Waals surface area (Å²) in [6.07, 6.45) is 4.11. The highest BCUT2D eigenvalue weighted by molar-refractivity contribution is 5.72. The van der Waals surface area contributed by atoms with Gasteiger partial charge in [-0.15, -0.1) is 5.10 Å². The monoisotopic (exact) mass is 196 g/mol. The van der Waals surface area contributed by atoms with E-state index in [-0.39, 0.29) is 5.91 Å². The molecule has 5 nitrogen and oxygen atoms in total. The van der Waals surface area contributed by atoms with Crippen LogP contribution in [0.4, 0.5) is 0 Å². The van der Waals surface area contributed by atoms with Gasteiger partial charge in [0.15, 0.2) is 0 Å². The van der Waals surface area contributed by atoms with Crippen molar-refractivity contribution < 1.29 is 4.79 Å². The molecule has 1 rings (SSSR count). The first-order chi connectivity index (χ1) is 6.72. The van der Waals surface area contributed by atoms with E-state index >= 15 is 0 Å². The predicted octanol–water partition coefficient (Wildman–Crippen LogP) is 0.714. The van der Waals surface area contributed by atoms with Crippen molar-refractivity contribution >= 4 is 5.91 Å². The summed E-state index contributed by atoms with van der Waals surface area (Å²) in [6, 6.07) is 0. The first-order valence-electron chi connectivity index (χ1n) is 4.86. The minimum absolute atomic E-state index is 0.0480. The average Bonchev–Trinajstić information content (AvgIpc) is 2.59. The van der Waals surface area contributed by atoms with Crippen molar-refractivity contribution in [1.29, 1.82) is 0 Å². The Morgan fingerprint density at radius 3 is 3.07 bits per heavy atom. The quantitative estimate of drug-likeness (QED) is 0.754. The fourth-order valence-corrected chi connectivity index (χ4v) is 1.06. The SMILES string of the molecule is CCCCn1cc(CNC(C)=O)nn1. The third kappa shape index (κ3) is 3.55. The molecule has 14 heavy (non-hydrogen) atoms. The van der Waals surface area contributed by atoms with Gasteiger partial charge in [-0.1, -0.05) is 18.6 Å². The van der Waals surface area contributed by atoms with Gasteiger partial charge in [-0.05, 0) is 6.42 Å². The number of hydrogen-bond acceptors (Lipinski definition) is 3. The lowest BCUT2D eigenvalue weighted by atomic mass is 10.3. The Hall–Kier alpha value is -1.39. The molecule has 0 aliphatic carbocycles. The van der Waals surface area contributed by atoms with Gasteiger partial charge in [-0.25, -0.2) is 0 Å². The molecule has 0 aromatic carbocycles. The first kappa shape index (κ1) is 10.7. The van der Waals surface area contributed by atoms with Gasteiger partial charge in [0, 0.05) is 13.5 Å². The van der Waals surface area contributed by atoms with Crippen molar-refractivity contribution in [2.45, 2.75) is 39.8 Å². The lowest BCUT2D eigenvalue weighted by molar-refractivity contribution is -0.119. The molecule has 0 atom stereocenters. The van der Waals surface area contributed by atoms with Gasteiger partial charge in [0.05, 0.1) is 12.7 Å². The first-order valence-corrected chi connectivity index (χ1v) is 4.86. The van der Waals surface area contributed by atoms with Crippen molar-refractivity contribution in [1.82, 2.24) is 20.3 Å². The lowest BCUT2D eigenvalue weighted by Gasteiger charge is -1.96. The van der Waals surface area contributed by atoms with Crippen molar-refractivity contribution in [3.05, 3.63) is 11.9 Å². The molecule has 0 fully saturated rings. The summed E-state index contributed by atoms with van der Waals surface area (Å²) in [5, 5.41) is 10.6. The molecule has 1 aromatic rings. The molecule has 1 aromatic heterocycles. The Morgan fingerprint density at radius 2 is 2.43 bits per heavy atom. The van der Waals surface area contributed by atoms with Gasteiger partial charge in [0.25, 0.3) is 0 Å². The maximum Gasteiger partial charge on any atom is 0.217 e. The summed E-state index contributed by atoms with van der Waals surface area (Å²) < 4.78 is 1.81. The highest BCUT2D eigenvalue weighted by atomic mass is 16.1. The Morgan fingerprint density at radius 1 is 1.64 bits per heavy atom. The second-order valence-corrected chi connectivity index (χ2v) is 3.24. The molecule has 0 aliphatic heterocycles. The van der Waals surface area contributed by atoms with Crippen molar-refractivity contribution in [2.75, 3.05) is 0 Å². The van der Waals surface area contributed by atoms with E-state index in [2.05, 4.69) is 22.6 Å². The van der Waals surface area contributed by atoms with E-state index < -0.39 is 0 Å². The molecular formula is C9H16N4O. The van der Waals surface area contributed by atoms with Crippen LogP contribution in [0.3, 0.4) is 0 Å². The van der Waals surface area contributed by atoms with Gasteiger partial charge in [0.2, 0.25) is 5.91 Å². The van der Waals surface area contributed by atoms with Gasteiger partial charge < -0.3 is 5.32 Å². The molecule has 0 saturated carbocycles. The Kier molecular flexibility index (Phi) is 4.10. The summed E-state index contributed by atoms with van der Waals surface area (Å²) in [5.41, 5.74) is 0.802. The largest absolute Gasteiger partial charge is 0.351 e. The molecule has 0 saturated heterocycles. The van der Waals surface area contributed by atoms with Gasteiger partial charge >= 0.3 is 0 Å². The molecule has 1 heterocycles. The van der Waals surface area contributed by atoms with Crippen molar-refractivity contribution in [3.63, 3.8) is 0 Å². The molecule has 0 spiro atoms. The number of nitrogens with one attached hydrogen (secondary N) is 1. The van der Waals surface area contributed by atoms with Crippen LogP contribution in [0.2, 0.25) is 0 Å². The zero-order valence-electron chi connectivity index (χ0n) is 8.66. The van der Waals surface area contributed by atoms with Crippen LogP contribution in [0.5, 0.6) is 0 Å². The number of aromatic nitrogens is 3. The second kappa shape index (κ2) is 5.36. The minimum atomic E-state index is -0.0480. The van der Waals surface area contributed by atoms with Gasteiger partial charge in [-0.3, -0.25) is 9.48 Å². The number of carbonyl (C=O) groups is 1. The third-order valence-corrected chi connectivity index (χ3v) is 1.85. The summed E-state index contributed by atoms with van der Waals surface area (Å²) in [5.74, 6) is -0.0480. The highest BCUT2D eigenvalue weighted by Crippen LogP contribution is 1.96. The second-order valence-electron chi connectivity index (χ2n) is 3.24. The molecule has 0 bridgehead atoms. The standard InChI is InChI=1S/C9H16N4O/c1-3-4-5-13-7-9(11-12-13)6-10-8(2)14/h7H,3-6H2,1-2H3,(H,10,14). The number of hydrogen-bond donors (Lipinski definition) is 1. The van der Waals surface area contributed by atoms with E-state index in [0.717, 1.165) is 25.1 Å². The Bertz CT molecular complexity index is 295. The van der Waals surface area contributed by atoms with E-state index in [1.807, 2.05) is 6.20 Å². The van der Waals surface area contributed by atoms with E-state index in [0.29, 0.717) is 6.54 Å². The van der Waals surface area contributed by atoms with Crippen LogP contribution < -0.4 is 5.32 Å². The van der Waals surface area contributed by atoms with E-state index in [9.17, 15) is 4.79 Å². The maximum absolute atomic E-state index is 10.6. The normalized spacial score (nSPS) is 10.1. The van der Waals surface area contributed by atoms with Crippen molar-refractivity contribution in [3.8, 4) is 0 Å². The number of amides is 1. The summed E-state index contributed by atoms with van der Waals surface area (Å²) in [4.78, 5) is 10.6. The van der Waals surface area contributed by atoms with Crippen molar-refractivity contribution in [2.24, 2.45) is 0 Å². The van der Waals surface area contributed by atoms with Gasteiger partial charge in [-0.2, -0.15) is 0 Å². The third-order valence-electron chi connectivity index (χ3n) is 1.85. The molecule has 5 heteroatoms. The molecule has 1 amide bonds. The lowest BCUT2D eigenvalue weighted by Crippen LogP contribution is -2.19. The number of carbonyl (C=O) groups excluding carboxylic acids is 1. The smallest absolute Gasteiger partial charge is 0.217 e. The van der Waals surface area contributed by atoms with Crippen LogP contribution in [0, 0.1) is 0 Å². The summed E-state index contributed by atoms with van der Waals surface area (Å²) in [7, 11) is 0. The molecule has 0 aliphatic rings. The maximum atomic E-state index is 10.6. The van der Waals surface area contributed by atoms with E-state index in [1.54, 1.807) is 4.68 Å². The van der Waals surface area contributed by atoms with Crippen LogP contribution in [0.1, 0.15) is 32.4 Å². The summed E-state index contributed by atoms with van der Waals surface area (Å²) >= 11 is 0. The van der Waals surface area contributed by atoms with E-state index in [4.69, 9.17) is 0 Å². The predicted molar refractivity (Wildman–Crippen MR) is 52.5 cm³/mol. The number of aryl methyl sites for hydroxylation is 1. The average molecular weight is 196 g/mol. The van der Waals surface area contributed by atoms with Crippen LogP contribution in [0.25, 0.3) is 0 Å². The zero-order chi connectivity index (χ0) is 10.4. The van der Waals surface area contributed by atoms with Crippen LogP contribution >= 0.6 is 0 Å². The molecule has 78 valence electrons. The van der Waals surface area contributed by atoms with Gasteiger partial charge in [0.1, 0.15) is 5.69 Å². The zero-order valence-corrected chi connectivity index (χ0v) is 8.66. The molecule has 1 N–H and O–H groups in total. The number of unbranched alkanes of at least 4 members (excludes halogenated alkanes) is 1. The minimum Gasteiger partial charge on any atom is -0.351 e. The Labute approximate surface area is 83.5 Å². The van der Waals surface area contributed by atoms with Crippen LogP contribution in [0.15, 0.2) is 6.20 Å². The van der Waals surface area contributed by atoms with Crippen LogP contribution in [-0.4, -0.2) is 20.9 Å². The number of rotatable bonds is 5. The summed E-state index contributed by atoms with van der Waals surface area (Å²) in [6.45, 7) is 4.97. The highest BCUT2D eigenvalue weighted by Gasteiger charge is 2.00. The fourth-order valence-electron chi connectivity index (χ4n) is 1.06. The number of nitrogens with zero attached hydrogens (tertiary/aromatic N) is 3. The Balaban J connectivity index is 2.38.